The Kier molecular flexibility index (Phi) is 4.75. The zero-order valence-electron chi connectivity index (χ0n) is 11.6. The number of hydrogen-bond acceptors (Lipinski definition) is 5. The Bertz CT molecular complexity index is 565. The summed E-state index contributed by atoms with van der Waals surface area (Å²) < 4.78 is 12.0. The number of aromatic nitrogens is 2. The number of carbonyl (C=O) groups is 1. The highest BCUT2D eigenvalue weighted by Crippen LogP contribution is 2.19. The molecular formula is C13H17N3O3S. The minimum atomic E-state index is -0.229. The molecule has 1 N–H and O–H groups in total. The maximum atomic E-state index is 12.1. The lowest BCUT2D eigenvalue weighted by atomic mass is 10.2. The fourth-order valence-electron chi connectivity index (χ4n) is 1.85. The smallest absolute Gasteiger partial charge is 0.258 e. The molecule has 20 heavy (non-hydrogen) atoms. The second-order valence-corrected chi connectivity index (χ2v) is 5.00. The van der Waals surface area contributed by atoms with Crippen molar-refractivity contribution in [3.63, 3.8) is 0 Å². The van der Waals surface area contributed by atoms with E-state index in [0.717, 1.165) is 5.56 Å². The van der Waals surface area contributed by atoms with Gasteiger partial charge in [-0.1, -0.05) is 0 Å². The van der Waals surface area contributed by atoms with E-state index in [0.29, 0.717) is 18.0 Å². The predicted octanol–water partition coefficient (Wildman–Crippen LogP) is 1.61. The van der Waals surface area contributed by atoms with E-state index in [9.17, 15) is 4.79 Å². The molecule has 0 bridgehead atoms. The number of rotatable bonds is 6. The van der Waals surface area contributed by atoms with Crippen LogP contribution in [0.25, 0.3) is 0 Å². The lowest BCUT2D eigenvalue weighted by Crippen LogP contribution is -2.29. The van der Waals surface area contributed by atoms with E-state index in [2.05, 4.69) is 10.4 Å². The van der Waals surface area contributed by atoms with Crippen LogP contribution in [0.4, 0.5) is 0 Å². The third-order valence-electron chi connectivity index (χ3n) is 2.88. The van der Waals surface area contributed by atoms with Gasteiger partial charge in [0.05, 0.1) is 7.11 Å². The van der Waals surface area contributed by atoms with E-state index in [1.807, 2.05) is 16.8 Å². The van der Waals surface area contributed by atoms with Gasteiger partial charge in [0, 0.05) is 26.9 Å². The molecule has 1 atom stereocenters. The van der Waals surface area contributed by atoms with Crippen molar-refractivity contribution < 1.29 is 14.3 Å². The lowest BCUT2D eigenvalue weighted by molar-refractivity contribution is 0.0827. The first kappa shape index (κ1) is 14.5. The van der Waals surface area contributed by atoms with Crippen LogP contribution in [0, 0.1) is 0 Å². The summed E-state index contributed by atoms with van der Waals surface area (Å²) in [7, 11) is 4.85. The number of thiophene rings is 1. The molecule has 1 unspecified atom stereocenters. The predicted molar refractivity (Wildman–Crippen MR) is 76.2 cm³/mol. The summed E-state index contributed by atoms with van der Waals surface area (Å²) in [4.78, 5) is 12.1. The molecule has 108 valence electrons. The lowest BCUT2D eigenvalue weighted by Gasteiger charge is -2.14. The first-order valence-corrected chi connectivity index (χ1v) is 7.00. The van der Waals surface area contributed by atoms with E-state index >= 15 is 0 Å². The summed E-state index contributed by atoms with van der Waals surface area (Å²) >= 11 is 1.60. The van der Waals surface area contributed by atoms with Gasteiger partial charge >= 0.3 is 0 Å². The number of carbonyl (C=O) groups excluding carboxylic acids is 1. The van der Waals surface area contributed by atoms with Gasteiger partial charge in [-0.3, -0.25) is 9.48 Å². The largest absolute Gasteiger partial charge is 0.479 e. The maximum Gasteiger partial charge on any atom is 0.258 e. The van der Waals surface area contributed by atoms with Crippen molar-refractivity contribution in [2.75, 3.05) is 20.8 Å². The number of hydrogen-bond donors (Lipinski definition) is 1. The van der Waals surface area contributed by atoms with Crippen LogP contribution in [-0.4, -0.2) is 36.5 Å². The van der Waals surface area contributed by atoms with Crippen molar-refractivity contribution in [1.82, 2.24) is 15.1 Å². The fraction of sp³-hybridized carbons (Fsp3) is 0.385. The molecule has 2 aromatic heterocycles. The molecule has 0 aliphatic carbocycles. The second-order valence-electron chi connectivity index (χ2n) is 4.22. The van der Waals surface area contributed by atoms with Crippen LogP contribution in [0.15, 0.2) is 23.0 Å². The first-order chi connectivity index (χ1) is 9.65. The van der Waals surface area contributed by atoms with E-state index in [1.54, 1.807) is 36.4 Å². The molecule has 2 aromatic rings. The van der Waals surface area contributed by atoms with Gasteiger partial charge in [-0.05, 0) is 22.4 Å². The number of ether oxygens (including phenoxy) is 2. The Labute approximate surface area is 121 Å². The molecular weight excluding hydrogens is 278 g/mol. The highest BCUT2D eigenvalue weighted by Gasteiger charge is 2.18. The molecule has 0 saturated heterocycles. The van der Waals surface area contributed by atoms with Crippen LogP contribution in [0.1, 0.15) is 22.0 Å². The highest BCUT2D eigenvalue weighted by atomic mass is 32.1. The van der Waals surface area contributed by atoms with Gasteiger partial charge in [0.25, 0.3) is 5.91 Å². The fourth-order valence-corrected chi connectivity index (χ4v) is 2.55. The molecule has 0 spiro atoms. The Morgan fingerprint density at radius 1 is 1.55 bits per heavy atom. The van der Waals surface area contributed by atoms with E-state index in [4.69, 9.17) is 9.47 Å². The van der Waals surface area contributed by atoms with Crippen LogP contribution in [0.5, 0.6) is 5.88 Å². The molecule has 0 aliphatic heterocycles. The molecule has 1 amide bonds. The summed E-state index contributed by atoms with van der Waals surface area (Å²) in [6, 6.07) is 1.98. The molecule has 2 rings (SSSR count). The Morgan fingerprint density at radius 2 is 2.35 bits per heavy atom. The Balaban J connectivity index is 2.01. The third kappa shape index (κ3) is 3.17. The molecule has 0 aromatic carbocycles. The minimum absolute atomic E-state index is 0.159. The van der Waals surface area contributed by atoms with Crippen molar-refractivity contribution in [2.24, 2.45) is 7.05 Å². The average molecular weight is 295 g/mol. The van der Waals surface area contributed by atoms with Gasteiger partial charge in [0.1, 0.15) is 11.7 Å². The number of nitrogens with zero attached hydrogens (tertiary/aromatic N) is 2. The quantitative estimate of drug-likeness (QED) is 0.879. The average Bonchev–Trinajstić information content (AvgIpc) is 3.08. The molecule has 6 nitrogen and oxygen atoms in total. The summed E-state index contributed by atoms with van der Waals surface area (Å²) in [5.74, 6) is 0.0849. The van der Waals surface area contributed by atoms with Crippen molar-refractivity contribution in [3.05, 3.63) is 34.2 Å². The molecule has 0 radical (unpaired) electrons. The van der Waals surface area contributed by atoms with Crippen LogP contribution < -0.4 is 10.1 Å². The Hall–Kier alpha value is -1.86. The standard InChI is InChI=1S/C13H17N3O3S/c1-16-7-10(13(15-16)19-3)12(17)14-6-11(18-2)9-4-5-20-8-9/h4-5,7-8,11H,6H2,1-3H3,(H,14,17). The van der Waals surface area contributed by atoms with E-state index < -0.39 is 0 Å². The van der Waals surface area contributed by atoms with Crippen LogP contribution >= 0.6 is 11.3 Å². The Morgan fingerprint density at radius 3 is 2.95 bits per heavy atom. The van der Waals surface area contributed by atoms with Gasteiger partial charge in [0.2, 0.25) is 5.88 Å². The van der Waals surface area contributed by atoms with Gasteiger partial charge in [-0.25, -0.2) is 0 Å². The van der Waals surface area contributed by atoms with E-state index in [-0.39, 0.29) is 12.0 Å². The first-order valence-electron chi connectivity index (χ1n) is 6.06. The second kappa shape index (κ2) is 6.53. The third-order valence-corrected chi connectivity index (χ3v) is 3.58. The van der Waals surface area contributed by atoms with Crippen molar-refractivity contribution in [2.45, 2.75) is 6.10 Å². The van der Waals surface area contributed by atoms with Gasteiger partial charge < -0.3 is 14.8 Å². The SMILES string of the molecule is COc1nn(C)cc1C(=O)NCC(OC)c1ccsc1. The number of amides is 1. The molecule has 0 aliphatic rings. The molecule has 2 heterocycles. The monoisotopic (exact) mass is 295 g/mol. The van der Waals surface area contributed by atoms with E-state index in [1.165, 1.54) is 7.11 Å². The van der Waals surface area contributed by atoms with Crippen molar-refractivity contribution >= 4 is 17.2 Å². The zero-order chi connectivity index (χ0) is 14.5. The van der Waals surface area contributed by atoms with Crippen LogP contribution in [-0.2, 0) is 11.8 Å². The van der Waals surface area contributed by atoms with Crippen molar-refractivity contribution in [3.8, 4) is 5.88 Å². The van der Waals surface area contributed by atoms with Crippen LogP contribution in [0.2, 0.25) is 0 Å². The number of methoxy groups -OCH3 is 2. The number of nitrogens with one attached hydrogen (secondary N) is 1. The summed E-state index contributed by atoms with van der Waals surface area (Å²) in [6.07, 6.45) is 1.47. The molecule has 7 heteroatoms. The highest BCUT2D eigenvalue weighted by molar-refractivity contribution is 7.07. The zero-order valence-corrected chi connectivity index (χ0v) is 12.4. The minimum Gasteiger partial charge on any atom is -0.479 e. The van der Waals surface area contributed by atoms with Crippen LogP contribution in [0.3, 0.4) is 0 Å². The summed E-state index contributed by atoms with van der Waals surface area (Å²) in [5, 5.41) is 10.9. The van der Waals surface area contributed by atoms with Gasteiger partial charge in [-0.15, -0.1) is 5.10 Å². The topological polar surface area (TPSA) is 65.4 Å². The summed E-state index contributed by atoms with van der Waals surface area (Å²) in [5.41, 5.74) is 1.46. The van der Waals surface area contributed by atoms with Gasteiger partial charge in [0.15, 0.2) is 0 Å². The molecule has 0 saturated carbocycles. The number of aryl methyl sites for hydroxylation is 1. The van der Waals surface area contributed by atoms with Gasteiger partial charge in [-0.2, -0.15) is 11.3 Å². The summed E-state index contributed by atoms with van der Waals surface area (Å²) in [6.45, 7) is 0.393. The maximum absolute atomic E-state index is 12.1. The van der Waals surface area contributed by atoms with Crippen molar-refractivity contribution in [1.29, 1.82) is 0 Å². The normalized spacial score (nSPS) is 12.2. The molecule has 0 fully saturated rings.